The zero-order chi connectivity index (χ0) is 12.4. The molecule has 0 radical (unpaired) electrons. The number of amides is 1. The minimum Gasteiger partial charge on any atom is -0.467 e. The zero-order valence-electron chi connectivity index (χ0n) is 9.78. The van der Waals surface area contributed by atoms with Crippen molar-refractivity contribution in [3.05, 3.63) is 0 Å². The fourth-order valence-corrected chi connectivity index (χ4v) is 1.19. The van der Waals surface area contributed by atoms with Gasteiger partial charge in [0.1, 0.15) is 6.04 Å². The topological polar surface area (TPSA) is 87.7 Å². The summed E-state index contributed by atoms with van der Waals surface area (Å²) in [6.07, 6.45) is 1.54. The predicted molar refractivity (Wildman–Crippen MR) is 58.8 cm³/mol. The molecular formula is C10H20N2O4. The fraction of sp³-hybridized carbons (Fsp3) is 0.800. The molecule has 0 bridgehead atoms. The second-order valence-corrected chi connectivity index (χ2v) is 3.41. The van der Waals surface area contributed by atoms with Gasteiger partial charge in [-0.25, -0.2) is 4.79 Å². The van der Waals surface area contributed by atoms with Gasteiger partial charge in [-0.05, 0) is 19.4 Å². The standard InChI is InChI=1S/C10H20N2O4/c1-8(14)12-9(10(15)16-2)7-11-5-3-4-6-13/h9,11,13H,3-7H2,1-2H3,(H,12,14). The summed E-state index contributed by atoms with van der Waals surface area (Å²) in [5.41, 5.74) is 0. The Kier molecular flexibility index (Phi) is 8.46. The monoisotopic (exact) mass is 232 g/mol. The van der Waals surface area contributed by atoms with E-state index >= 15 is 0 Å². The van der Waals surface area contributed by atoms with E-state index in [-0.39, 0.29) is 12.5 Å². The van der Waals surface area contributed by atoms with Crippen LogP contribution in [-0.4, -0.2) is 49.8 Å². The number of esters is 1. The Hall–Kier alpha value is -1.14. The van der Waals surface area contributed by atoms with Crippen LogP contribution in [0, 0.1) is 0 Å². The van der Waals surface area contributed by atoms with Gasteiger partial charge in [0.25, 0.3) is 0 Å². The number of hydrogen-bond donors (Lipinski definition) is 3. The van der Waals surface area contributed by atoms with E-state index < -0.39 is 12.0 Å². The Morgan fingerprint density at radius 2 is 2.06 bits per heavy atom. The number of rotatable bonds is 8. The molecule has 0 aliphatic heterocycles. The van der Waals surface area contributed by atoms with Gasteiger partial charge in [0, 0.05) is 20.1 Å². The molecule has 1 atom stereocenters. The van der Waals surface area contributed by atoms with E-state index in [1.807, 2.05) is 0 Å². The molecule has 94 valence electrons. The van der Waals surface area contributed by atoms with E-state index in [1.54, 1.807) is 0 Å². The van der Waals surface area contributed by atoms with Crippen LogP contribution in [-0.2, 0) is 14.3 Å². The Labute approximate surface area is 95.4 Å². The van der Waals surface area contributed by atoms with Gasteiger partial charge in [-0.1, -0.05) is 0 Å². The summed E-state index contributed by atoms with van der Waals surface area (Å²) in [5, 5.41) is 14.1. The molecule has 0 aromatic heterocycles. The highest BCUT2D eigenvalue weighted by atomic mass is 16.5. The van der Waals surface area contributed by atoms with E-state index in [1.165, 1.54) is 14.0 Å². The van der Waals surface area contributed by atoms with E-state index in [0.29, 0.717) is 13.1 Å². The van der Waals surface area contributed by atoms with Gasteiger partial charge in [0.2, 0.25) is 5.91 Å². The highest BCUT2D eigenvalue weighted by molar-refractivity contribution is 5.83. The summed E-state index contributed by atoms with van der Waals surface area (Å²) in [7, 11) is 1.28. The van der Waals surface area contributed by atoms with Crippen molar-refractivity contribution in [2.45, 2.75) is 25.8 Å². The third-order valence-electron chi connectivity index (χ3n) is 1.97. The van der Waals surface area contributed by atoms with E-state index in [2.05, 4.69) is 15.4 Å². The predicted octanol–water partition coefficient (Wildman–Crippen LogP) is -0.974. The van der Waals surface area contributed by atoms with E-state index in [9.17, 15) is 9.59 Å². The minimum absolute atomic E-state index is 0.161. The number of methoxy groups -OCH3 is 1. The molecule has 0 aliphatic carbocycles. The van der Waals surface area contributed by atoms with Gasteiger partial charge in [-0.3, -0.25) is 4.79 Å². The van der Waals surface area contributed by atoms with Gasteiger partial charge in [-0.2, -0.15) is 0 Å². The summed E-state index contributed by atoms with van der Waals surface area (Å²) in [6, 6.07) is -0.656. The van der Waals surface area contributed by atoms with Gasteiger partial charge in [-0.15, -0.1) is 0 Å². The molecule has 1 unspecified atom stereocenters. The molecule has 1 amide bonds. The summed E-state index contributed by atoms with van der Waals surface area (Å²) in [5.74, 6) is -0.739. The highest BCUT2D eigenvalue weighted by Gasteiger charge is 2.18. The molecule has 3 N–H and O–H groups in total. The normalized spacial score (nSPS) is 11.9. The lowest BCUT2D eigenvalue weighted by Gasteiger charge is -2.15. The van der Waals surface area contributed by atoms with Gasteiger partial charge in [0.15, 0.2) is 0 Å². The van der Waals surface area contributed by atoms with Gasteiger partial charge < -0.3 is 20.5 Å². The first-order chi connectivity index (χ1) is 7.61. The Morgan fingerprint density at radius 1 is 1.38 bits per heavy atom. The number of carbonyl (C=O) groups excluding carboxylic acids is 2. The van der Waals surface area contributed by atoms with E-state index in [0.717, 1.165) is 12.8 Å². The maximum atomic E-state index is 11.3. The third-order valence-corrected chi connectivity index (χ3v) is 1.97. The van der Waals surface area contributed by atoms with E-state index in [4.69, 9.17) is 5.11 Å². The lowest BCUT2D eigenvalue weighted by Crippen LogP contribution is -2.47. The summed E-state index contributed by atoms with van der Waals surface area (Å²) in [4.78, 5) is 22.1. The summed E-state index contributed by atoms with van der Waals surface area (Å²) < 4.78 is 4.56. The van der Waals surface area contributed by atoms with Crippen molar-refractivity contribution < 1.29 is 19.4 Å². The van der Waals surface area contributed by atoms with Crippen molar-refractivity contribution in [3.63, 3.8) is 0 Å². The number of aliphatic hydroxyl groups is 1. The number of nitrogens with one attached hydrogen (secondary N) is 2. The summed E-state index contributed by atoms with van der Waals surface area (Å²) >= 11 is 0. The highest BCUT2D eigenvalue weighted by Crippen LogP contribution is 1.89. The zero-order valence-corrected chi connectivity index (χ0v) is 9.78. The van der Waals surface area contributed by atoms with Gasteiger partial charge >= 0.3 is 5.97 Å². The second kappa shape index (κ2) is 9.11. The van der Waals surface area contributed by atoms with Gasteiger partial charge in [0.05, 0.1) is 7.11 Å². The van der Waals surface area contributed by atoms with Crippen molar-refractivity contribution in [3.8, 4) is 0 Å². The lowest BCUT2D eigenvalue weighted by molar-refractivity contribution is -0.144. The SMILES string of the molecule is COC(=O)C(CNCCCCO)NC(C)=O. The van der Waals surface area contributed by atoms with Crippen molar-refractivity contribution in [1.29, 1.82) is 0 Å². The maximum Gasteiger partial charge on any atom is 0.329 e. The quantitative estimate of drug-likeness (QED) is 0.370. The van der Waals surface area contributed by atoms with Crippen LogP contribution in [0.25, 0.3) is 0 Å². The lowest BCUT2D eigenvalue weighted by atomic mass is 10.2. The van der Waals surface area contributed by atoms with Crippen LogP contribution >= 0.6 is 0 Å². The van der Waals surface area contributed by atoms with Crippen molar-refractivity contribution in [1.82, 2.24) is 10.6 Å². The third kappa shape index (κ3) is 7.19. The van der Waals surface area contributed by atoms with Crippen LogP contribution in [0.15, 0.2) is 0 Å². The first-order valence-electron chi connectivity index (χ1n) is 5.28. The average Bonchev–Trinajstić information content (AvgIpc) is 2.25. The molecule has 0 rings (SSSR count). The maximum absolute atomic E-state index is 11.3. The average molecular weight is 232 g/mol. The fourth-order valence-electron chi connectivity index (χ4n) is 1.19. The smallest absolute Gasteiger partial charge is 0.329 e. The van der Waals surface area contributed by atoms with Crippen molar-refractivity contribution >= 4 is 11.9 Å². The number of carbonyl (C=O) groups is 2. The van der Waals surface area contributed by atoms with Crippen LogP contribution in [0.1, 0.15) is 19.8 Å². The summed E-state index contributed by atoms with van der Waals surface area (Å²) in [6.45, 7) is 2.53. The Morgan fingerprint density at radius 3 is 2.56 bits per heavy atom. The molecule has 0 spiro atoms. The number of aliphatic hydroxyl groups excluding tert-OH is 1. The largest absolute Gasteiger partial charge is 0.467 e. The Balaban J connectivity index is 3.83. The van der Waals surface area contributed by atoms with Crippen LogP contribution in [0.4, 0.5) is 0 Å². The molecule has 0 saturated heterocycles. The van der Waals surface area contributed by atoms with Crippen molar-refractivity contribution in [2.75, 3.05) is 26.8 Å². The van der Waals surface area contributed by atoms with Crippen LogP contribution < -0.4 is 10.6 Å². The minimum atomic E-state index is -0.656. The van der Waals surface area contributed by atoms with Crippen LogP contribution in [0.2, 0.25) is 0 Å². The van der Waals surface area contributed by atoms with Crippen LogP contribution in [0.3, 0.4) is 0 Å². The molecule has 0 aliphatic rings. The first-order valence-corrected chi connectivity index (χ1v) is 5.28. The second-order valence-electron chi connectivity index (χ2n) is 3.41. The molecule has 0 fully saturated rings. The van der Waals surface area contributed by atoms with Crippen molar-refractivity contribution in [2.24, 2.45) is 0 Å². The molecule has 0 saturated carbocycles. The number of hydrogen-bond acceptors (Lipinski definition) is 5. The number of unbranched alkanes of at least 4 members (excludes halogenated alkanes) is 1. The molecular weight excluding hydrogens is 212 g/mol. The Bertz CT molecular complexity index is 221. The molecule has 6 heteroatoms. The molecule has 16 heavy (non-hydrogen) atoms. The first kappa shape index (κ1) is 14.9. The van der Waals surface area contributed by atoms with Crippen LogP contribution in [0.5, 0.6) is 0 Å². The molecule has 0 heterocycles. The molecule has 0 aromatic rings. The number of ether oxygens (including phenoxy) is 1. The molecule has 6 nitrogen and oxygen atoms in total. The molecule has 0 aromatic carbocycles.